The Kier molecular flexibility index (Phi) is 7.01. The van der Waals surface area contributed by atoms with Gasteiger partial charge < -0.3 is 14.2 Å². The molecule has 0 fully saturated rings. The zero-order valence-electron chi connectivity index (χ0n) is 20.4. The highest BCUT2D eigenvalue weighted by atomic mass is 35.5. The van der Waals surface area contributed by atoms with Gasteiger partial charge in [0.2, 0.25) is 10.9 Å². The van der Waals surface area contributed by atoms with E-state index in [-0.39, 0.29) is 5.91 Å². The smallest absolute Gasteiger partial charge is 0.292 e. The molecule has 10 heteroatoms. The first-order valence-corrected chi connectivity index (χ1v) is 13.2. The summed E-state index contributed by atoms with van der Waals surface area (Å²) in [5.74, 6) is 1.05. The van der Waals surface area contributed by atoms with E-state index >= 15 is 0 Å². The molecule has 0 saturated heterocycles. The molecule has 3 aromatic carbocycles. The van der Waals surface area contributed by atoms with Gasteiger partial charge in [0.25, 0.3) is 5.91 Å². The molecule has 5 rings (SSSR count). The molecule has 7 nitrogen and oxygen atoms in total. The van der Waals surface area contributed by atoms with Gasteiger partial charge in [0.15, 0.2) is 11.5 Å². The number of rotatable bonds is 7. The number of carbonyl (C=O) groups excluding carboxylic acids is 1. The highest BCUT2D eigenvalue weighted by Crippen LogP contribution is 2.39. The van der Waals surface area contributed by atoms with Crippen LogP contribution in [0.3, 0.4) is 0 Å². The van der Waals surface area contributed by atoms with Crippen molar-refractivity contribution in [1.82, 2.24) is 4.98 Å². The van der Waals surface area contributed by atoms with Crippen molar-refractivity contribution in [3.63, 3.8) is 0 Å². The number of ether oxygens (including phenoxy) is 3. The first-order valence-electron chi connectivity index (χ1n) is 11.2. The van der Waals surface area contributed by atoms with Crippen LogP contribution in [0.25, 0.3) is 20.3 Å². The second kappa shape index (κ2) is 10.4. The van der Waals surface area contributed by atoms with Crippen LogP contribution in [0.2, 0.25) is 5.02 Å². The monoisotopic (exact) mass is 551 g/mol. The topological polar surface area (TPSA) is 73.2 Å². The van der Waals surface area contributed by atoms with E-state index in [1.165, 1.54) is 34.8 Å². The fourth-order valence-electron chi connectivity index (χ4n) is 3.85. The summed E-state index contributed by atoms with van der Waals surface area (Å²) in [5, 5.41) is 7.53. The number of hydrogen-bond acceptors (Lipinski definition) is 8. The largest absolute Gasteiger partial charge is 0.493 e. The van der Waals surface area contributed by atoms with Crippen molar-refractivity contribution in [1.29, 1.82) is 0 Å². The fourth-order valence-corrected chi connectivity index (χ4v) is 6.30. The summed E-state index contributed by atoms with van der Waals surface area (Å²) in [5.41, 5.74) is 2.54. The maximum absolute atomic E-state index is 13.9. The lowest BCUT2D eigenvalue weighted by atomic mass is 10.2. The molecular weight excluding hydrogens is 530 g/mol. The molecule has 0 N–H and O–H groups in total. The summed E-state index contributed by atoms with van der Waals surface area (Å²) in [4.78, 5) is 19.0. The minimum atomic E-state index is -0.370. The van der Waals surface area contributed by atoms with E-state index in [0.29, 0.717) is 37.8 Å². The van der Waals surface area contributed by atoms with E-state index < -0.39 is 0 Å². The molecule has 0 radical (unpaired) electrons. The Morgan fingerprint density at radius 1 is 0.973 bits per heavy atom. The molecule has 188 valence electrons. The second-order valence-electron chi connectivity index (χ2n) is 8.03. The summed E-state index contributed by atoms with van der Waals surface area (Å²) in [6.07, 6.45) is 1.56. The molecule has 0 unspecified atom stereocenters. The Morgan fingerprint density at radius 2 is 1.70 bits per heavy atom. The van der Waals surface area contributed by atoms with Gasteiger partial charge in [-0.05, 0) is 42.8 Å². The third kappa shape index (κ3) is 4.73. The lowest BCUT2D eigenvalue weighted by Crippen LogP contribution is -2.25. The van der Waals surface area contributed by atoms with Crippen molar-refractivity contribution in [2.75, 3.05) is 26.3 Å². The SMILES string of the molecule is COc1cc(/C=N/N(C(=O)c2sc3ccccc3c2Cl)c2nc3ccc(C)cc3s2)cc(OC)c1OC. The molecular formula is C27H22ClN3O4S2. The highest BCUT2D eigenvalue weighted by molar-refractivity contribution is 7.23. The number of carbonyl (C=O) groups is 1. The summed E-state index contributed by atoms with van der Waals surface area (Å²) >= 11 is 9.37. The van der Waals surface area contributed by atoms with Gasteiger partial charge in [-0.2, -0.15) is 10.1 Å². The lowest BCUT2D eigenvalue weighted by molar-refractivity contribution is 0.0992. The Balaban J connectivity index is 1.62. The number of amides is 1. The molecule has 37 heavy (non-hydrogen) atoms. The minimum Gasteiger partial charge on any atom is -0.493 e. The van der Waals surface area contributed by atoms with Gasteiger partial charge in [0, 0.05) is 15.6 Å². The van der Waals surface area contributed by atoms with Crippen molar-refractivity contribution in [3.8, 4) is 17.2 Å². The van der Waals surface area contributed by atoms with Gasteiger partial charge in [-0.15, -0.1) is 11.3 Å². The molecule has 0 aliphatic heterocycles. The molecule has 0 atom stereocenters. The fraction of sp³-hybridized carbons (Fsp3) is 0.148. The number of thiophene rings is 1. The van der Waals surface area contributed by atoms with Gasteiger partial charge in [-0.25, -0.2) is 4.98 Å². The van der Waals surface area contributed by atoms with Gasteiger partial charge in [-0.1, -0.05) is 47.2 Å². The van der Waals surface area contributed by atoms with Crippen LogP contribution in [-0.4, -0.2) is 38.4 Å². The van der Waals surface area contributed by atoms with Gasteiger partial charge in [0.1, 0.15) is 4.88 Å². The molecule has 0 aliphatic rings. The van der Waals surface area contributed by atoms with Crippen LogP contribution in [-0.2, 0) is 0 Å². The maximum atomic E-state index is 13.9. The molecule has 1 amide bonds. The van der Waals surface area contributed by atoms with Crippen LogP contribution in [0.4, 0.5) is 5.13 Å². The number of aryl methyl sites for hydroxylation is 1. The summed E-state index contributed by atoms with van der Waals surface area (Å²) < 4.78 is 18.2. The quantitative estimate of drug-likeness (QED) is 0.158. The molecule has 0 bridgehead atoms. The van der Waals surface area contributed by atoms with Crippen molar-refractivity contribution in [2.45, 2.75) is 6.92 Å². The third-order valence-corrected chi connectivity index (χ3v) is 8.30. The van der Waals surface area contributed by atoms with Crippen LogP contribution in [0.15, 0.2) is 59.7 Å². The molecule has 2 aromatic heterocycles. The maximum Gasteiger partial charge on any atom is 0.292 e. The van der Waals surface area contributed by atoms with Crippen LogP contribution in [0.1, 0.15) is 20.8 Å². The number of hydrogen-bond donors (Lipinski definition) is 0. The molecule has 2 heterocycles. The zero-order chi connectivity index (χ0) is 26.1. The number of thiazole rings is 1. The number of benzene rings is 3. The molecule has 0 aliphatic carbocycles. The van der Waals surface area contributed by atoms with E-state index in [4.69, 9.17) is 30.8 Å². The van der Waals surface area contributed by atoms with E-state index in [2.05, 4.69) is 5.10 Å². The Bertz CT molecular complexity index is 1640. The number of aromatic nitrogens is 1. The summed E-state index contributed by atoms with van der Waals surface area (Å²) in [7, 11) is 4.62. The van der Waals surface area contributed by atoms with Crippen LogP contribution in [0, 0.1) is 6.92 Å². The van der Waals surface area contributed by atoms with E-state index in [9.17, 15) is 4.79 Å². The van der Waals surface area contributed by atoms with Gasteiger partial charge in [-0.3, -0.25) is 4.79 Å². The number of nitrogens with zero attached hydrogens (tertiary/aromatic N) is 3. The summed E-state index contributed by atoms with van der Waals surface area (Å²) in [6.45, 7) is 2.02. The lowest BCUT2D eigenvalue weighted by Gasteiger charge is -2.14. The average Bonchev–Trinajstić information content (AvgIpc) is 3.48. The Labute approximate surface area is 226 Å². The van der Waals surface area contributed by atoms with E-state index in [1.807, 2.05) is 49.4 Å². The molecule has 5 aromatic rings. The van der Waals surface area contributed by atoms with Crippen molar-refractivity contribution >= 4 is 71.8 Å². The van der Waals surface area contributed by atoms with Crippen LogP contribution in [0.5, 0.6) is 17.2 Å². The predicted octanol–water partition coefficient (Wildman–Crippen LogP) is 7.18. The second-order valence-corrected chi connectivity index (χ2v) is 10.5. The van der Waals surface area contributed by atoms with Crippen molar-refractivity contribution < 1.29 is 19.0 Å². The standard InChI is InChI=1S/C27H22ClN3O4S2/c1-15-9-10-18-22(11-15)37-27(30-18)31(26(32)25-23(28)17-7-5-6-8-21(17)36-25)29-14-16-12-19(33-2)24(35-4)20(13-16)34-3/h5-14H,1-4H3/b29-14+. The molecule has 0 spiro atoms. The van der Waals surface area contributed by atoms with Gasteiger partial charge in [0.05, 0.1) is 42.8 Å². The van der Waals surface area contributed by atoms with Crippen molar-refractivity contribution in [3.05, 3.63) is 75.6 Å². The number of anilines is 1. The average molecular weight is 552 g/mol. The Hall–Kier alpha value is -3.66. The normalized spacial score (nSPS) is 11.4. The predicted molar refractivity (Wildman–Crippen MR) is 152 cm³/mol. The molecule has 0 saturated carbocycles. The van der Waals surface area contributed by atoms with E-state index in [1.54, 1.807) is 32.6 Å². The number of methoxy groups -OCH3 is 3. The van der Waals surface area contributed by atoms with Crippen molar-refractivity contribution in [2.24, 2.45) is 5.10 Å². The van der Waals surface area contributed by atoms with Gasteiger partial charge >= 0.3 is 0 Å². The number of fused-ring (bicyclic) bond motifs is 2. The first kappa shape index (κ1) is 25.0. The Morgan fingerprint density at radius 3 is 2.38 bits per heavy atom. The number of halogens is 1. The van der Waals surface area contributed by atoms with E-state index in [0.717, 1.165) is 25.9 Å². The third-order valence-electron chi connectivity index (χ3n) is 5.64. The highest BCUT2D eigenvalue weighted by Gasteiger charge is 2.26. The van der Waals surface area contributed by atoms with Crippen LogP contribution >= 0.6 is 34.3 Å². The number of hydrazone groups is 1. The zero-order valence-corrected chi connectivity index (χ0v) is 22.8. The minimum absolute atomic E-state index is 0.370. The summed E-state index contributed by atoms with van der Waals surface area (Å²) in [6, 6.07) is 17.1. The van der Waals surface area contributed by atoms with Crippen LogP contribution < -0.4 is 19.2 Å². The first-order chi connectivity index (χ1) is 17.9.